The van der Waals surface area contributed by atoms with Gasteiger partial charge >= 0.3 is 0 Å². The van der Waals surface area contributed by atoms with Gasteiger partial charge in [0.2, 0.25) is 5.91 Å². The number of amides is 2. The first-order valence-corrected chi connectivity index (χ1v) is 10.7. The molecule has 6 heteroatoms. The average molecular weight is 408 g/mol. The van der Waals surface area contributed by atoms with Crippen molar-refractivity contribution >= 4 is 17.5 Å². The van der Waals surface area contributed by atoms with Gasteiger partial charge in [0, 0.05) is 30.9 Å². The minimum Gasteiger partial charge on any atom is -0.497 e. The van der Waals surface area contributed by atoms with E-state index in [0.717, 1.165) is 30.9 Å². The molecule has 0 aliphatic carbocycles. The Balaban J connectivity index is 1.38. The first kappa shape index (κ1) is 20.4. The third kappa shape index (κ3) is 4.65. The molecular formula is C24H29N3O3. The Bertz CT molecular complexity index is 908. The van der Waals surface area contributed by atoms with E-state index in [1.807, 2.05) is 30.3 Å². The van der Waals surface area contributed by atoms with Gasteiger partial charge in [-0.15, -0.1) is 0 Å². The Hall–Kier alpha value is -2.86. The Kier molecular flexibility index (Phi) is 6.33. The number of nitrogens with one attached hydrogen (secondary N) is 1. The molecule has 1 atom stereocenters. The smallest absolute Gasteiger partial charge is 0.254 e. The molecular weight excluding hydrogens is 378 g/mol. The maximum absolute atomic E-state index is 12.9. The van der Waals surface area contributed by atoms with E-state index in [-0.39, 0.29) is 17.7 Å². The first-order chi connectivity index (χ1) is 14.6. The van der Waals surface area contributed by atoms with Crippen molar-refractivity contribution in [3.05, 3.63) is 59.7 Å². The molecule has 0 bridgehead atoms. The summed E-state index contributed by atoms with van der Waals surface area (Å²) in [6, 6.07) is 15.2. The van der Waals surface area contributed by atoms with Crippen LogP contribution < -0.4 is 10.1 Å². The molecule has 0 unspecified atom stereocenters. The molecule has 0 radical (unpaired) electrons. The summed E-state index contributed by atoms with van der Waals surface area (Å²) in [5, 5.41) is 3.12. The lowest BCUT2D eigenvalue weighted by Gasteiger charge is -2.19. The van der Waals surface area contributed by atoms with Crippen molar-refractivity contribution in [3.63, 3.8) is 0 Å². The van der Waals surface area contributed by atoms with E-state index < -0.39 is 0 Å². The number of para-hydroxylation sites is 1. The third-order valence-electron chi connectivity index (χ3n) is 6.03. The van der Waals surface area contributed by atoms with Crippen molar-refractivity contribution in [2.75, 3.05) is 38.6 Å². The summed E-state index contributed by atoms with van der Waals surface area (Å²) in [7, 11) is 1.58. The fraction of sp³-hybridized carbons (Fsp3) is 0.417. The molecule has 2 aromatic carbocycles. The lowest BCUT2D eigenvalue weighted by atomic mass is 10.1. The maximum Gasteiger partial charge on any atom is 0.254 e. The lowest BCUT2D eigenvalue weighted by Crippen LogP contribution is -2.31. The number of hydrogen-bond acceptors (Lipinski definition) is 4. The van der Waals surface area contributed by atoms with Gasteiger partial charge in [-0.25, -0.2) is 0 Å². The standard InChI is InChI=1S/C24H29N3O3/c1-30-21-9-6-8-18(15-21)24(29)27-14-11-20(17-27)23(28)25-22-10-3-2-7-19(22)16-26-12-4-5-13-26/h2-3,6-10,15,20H,4-5,11-14,16-17H2,1H3,(H,25,28)/t20-/m0/s1. The van der Waals surface area contributed by atoms with Crippen molar-refractivity contribution in [2.24, 2.45) is 5.92 Å². The SMILES string of the molecule is COc1cccc(C(=O)N2CC[C@H](C(=O)Nc3ccccc3CN3CCCC3)C2)c1. The average Bonchev–Trinajstić information content (AvgIpc) is 3.47. The molecule has 2 aromatic rings. The zero-order valence-corrected chi connectivity index (χ0v) is 17.5. The van der Waals surface area contributed by atoms with Crippen LogP contribution in [-0.4, -0.2) is 54.9 Å². The van der Waals surface area contributed by atoms with E-state index in [9.17, 15) is 9.59 Å². The molecule has 2 aliphatic rings. The number of nitrogens with zero attached hydrogens (tertiary/aromatic N) is 2. The van der Waals surface area contributed by atoms with Gasteiger partial charge in [0.1, 0.15) is 5.75 Å². The molecule has 6 nitrogen and oxygen atoms in total. The molecule has 1 N–H and O–H groups in total. The van der Waals surface area contributed by atoms with Crippen LogP contribution in [0.5, 0.6) is 5.75 Å². The Morgan fingerprint density at radius 2 is 1.87 bits per heavy atom. The van der Waals surface area contributed by atoms with E-state index in [2.05, 4.69) is 16.3 Å². The number of anilines is 1. The van der Waals surface area contributed by atoms with Crippen molar-refractivity contribution in [3.8, 4) is 5.75 Å². The normalized spacial score (nSPS) is 19.1. The highest BCUT2D eigenvalue weighted by Gasteiger charge is 2.32. The van der Waals surface area contributed by atoms with Gasteiger partial charge in [-0.1, -0.05) is 24.3 Å². The van der Waals surface area contributed by atoms with Gasteiger partial charge in [0.25, 0.3) is 5.91 Å². The van der Waals surface area contributed by atoms with Crippen LogP contribution in [0.15, 0.2) is 48.5 Å². The van der Waals surface area contributed by atoms with Crippen molar-refractivity contribution in [1.82, 2.24) is 9.80 Å². The summed E-state index contributed by atoms with van der Waals surface area (Å²) in [5.74, 6) is 0.395. The van der Waals surface area contributed by atoms with Crippen LogP contribution in [0.4, 0.5) is 5.69 Å². The van der Waals surface area contributed by atoms with Crippen LogP contribution >= 0.6 is 0 Å². The van der Waals surface area contributed by atoms with Gasteiger partial charge in [0.05, 0.1) is 13.0 Å². The van der Waals surface area contributed by atoms with Crippen LogP contribution in [0.2, 0.25) is 0 Å². The number of likely N-dealkylation sites (tertiary alicyclic amines) is 2. The van der Waals surface area contributed by atoms with Gasteiger partial charge < -0.3 is 15.0 Å². The molecule has 2 amide bonds. The fourth-order valence-corrected chi connectivity index (χ4v) is 4.29. The summed E-state index contributed by atoms with van der Waals surface area (Å²) >= 11 is 0. The molecule has 2 fully saturated rings. The number of rotatable bonds is 6. The molecule has 2 saturated heterocycles. The van der Waals surface area contributed by atoms with Crippen LogP contribution in [0.3, 0.4) is 0 Å². The van der Waals surface area contributed by atoms with Crippen LogP contribution in [-0.2, 0) is 11.3 Å². The number of hydrogen-bond donors (Lipinski definition) is 1. The predicted molar refractivity (Wildman–Crippen MR) is 117 cm³/mol. The minimum absolute atomic E-state index is 0.00943. The van der Waals surface area contributed by atoms with Gasteiger partial charge in [0.15, 0.2) is 0 Å². The van der Waals surface area contributed by atoms with Crippen LogP contribution in [0.1, 0.15) is 35.2 Å². The summed E-state index contributed by atoms with van der Waals surface area (Å²) in [5.41, 5.74) is 2.62. The van der Waals surface area contributed by atoms with E-state index in [1.54, 1.807) is 24.1 Å². The zero-order valence-electron chi connectivity index (χ0n) is 17.5. The Morgan fingerprint density at radius 3 is 2.67 bits per heavy atom. The number of ether oxygens (including phenoxy) is 1. The van der Waals surface area contributed by atoms with Gasteiger partial charge in [-0.05, 0) is 62.2 Å². The largest absolute Gasteiger partial charge is 0.497 e. The summed E-state index contributed by atoms with van der Waals surface area (Å²) in [6.07, 6.45) is 3.16. The highest BCUT2D eigenvalue weighted by Crippen LogP contribution is 2.24. The zero-order chi connectivity index (χ0) is 20.9. The lowest BCUT2D eigenvalue weighted by molar-refractivity contribution is -0.119. The second-order valence-electron chi connectivity index (χ2n) is 8.10. The number of benzene rings is 2. The van der Waals surface area contributed by atoms with E-state index >= 15 is 0 Å². The molecule has 0 aromatic heterocycles. The van der Waals surface area contributed by atoms with Gasteiger partial charge in [-0.2, -0.15) is 0 Å². The first-order valence-electron chi connectivity index (χ1n) is 10.7. The number of carbonyl (C=O) groups is 2. The number of methoxy groups -OCH3 is 1. The molecule has 158 valence electrons. The molecule has 2 aliphatic heterocycles. The van der Waals surface area contributed by atoms with E-state index in [0.29, 0.717) is 30.8 Å². The topological polar surface area (TPSA) is 61.9 Å². The second-order valence-corrected chi connectivity index (χ2v) is 8.10. The second kappa shape index (κ2) is 9.30. The number of carbonyl (C=O) groups excluding carboxylic acids is 2. The molecule has 4 rings (SSSR count). The molecule has 0 spiro atoms. The van der Waals surface area contributed by atoms with E-state index in [1.165, 1.54) is 12.8 Å². The third-order valence-corrected chi connectivity index (χ3v) is 6.03. The summed E-state index contributed by atoms with van der Waals surface area (Å²) in [6.45, 7) is 4.12. The van der Waals surface area contributed by atoms with E-state index in [4.69, 9.17) is 4.74 Å². The van der Waals surface area contributed by atoms with Crippen LogP contribution in [0, 0.1) is 5.92 Å². The molecule has 2 heterocycles. The fourth-order valence-electron chi connectivity index (χ4n) is 4.29. The molecule has 0 saturated carbocycles. The Morgan fingerprint density at radius 1 is 1.07 bits per heavy atom. The van der Waals surface area contributed by atoms with Crippen molar-refractivity contribution in [1.29, 1.82) is 0 Å². The monoisotopic (exact) mass is 407 g/mol. The quantitative estimate of drug-likeness (QED) is 0.797. The highest BCUT2D eigenvalue weighted by molar-refractivity contribution is 5.97. The Labute approximate surface area is 177 Å². The summed E-state index contributed by atoms with van der Waals surface area (Å²) < 4.78 is 5.21. The van der Waals surface area contributed by atoms with Gasteiger partial charge in [-0.3, -0.25) is 14.5 Å². The van der Waals surface area contributed by atoms with Crippen molar-refractivity contribution in [2.45, 2.75) is 25.8 Å². The minimum atomic E-state index is -0.195. The molecule has 30 heavy (non-hydrogen) atoms. The highest BCUT2D eigenvalue weighted by atomic mass is 16.5. The predicted octanol–water partition coefficient (Wildman–Crippen LogP) is 3.39. The maximum atomic E-state index is 12.9. The summed E-state index contributed by atoms with van der Waals surface area (Å²) in [4.78, 5) is 29.9. The van der Waals surface area contributed by atoms with Crippen molar-refractivity contribution < 1.29 is 14.3 Å². The van der Waals surface area contributed by atoms with Crippen LogP contribution in [0.25, 0.3) is 0 Å².